The minimum absolute atomic E-state index is 0.142. The second-order valence-corrected chi connectivity index (χ2v) is 5.91. The van der Waals surface area contributed by atoms with E-state index in [1.807, 2.05) is 24.3 Å². The molecule has 128 valence electrons. The number of nitrogens with zero attached hydrogens (tertiary/aromatic N) is 3. The number of H-pyrrole nitrogens is 1. The van der Waals surface area contributed by atoms with Gasteiger partial charge in [0.2, 0.25) is 5.95 Å². The number of rotatable bonds is 4. The first-order valence-corrected chi connectivity index (χ1v) is 8.30. The number of anilines is 2. The molecule has 0 unspecified atom stereocenters. The van der Waals surface area contributed by atoms with Crippen LogP contribution < -0.4 is 15.8 Å². The van der Waals surface area contributed by atoms with Crippen molar-refractivity contribution < 1.29 is 4.74 Å². The summed E-state index contributed by atoms with van der Waals surface area (Å²) >= 11 is 0. The Labute approximate surface area is 144 Å². The zero-order valence-corrected chi connectivity index (χ0v) is 13.7. The summed E-state index contributed by atoms with van der Waals surface area (Å²) < 4.78 is 5.38. The number of pyridine rings is 1. The van der Waals surface area contributed by atoms with E-state index in [-0.39, 0.29) is 5.56 Å². The summed E-state index contributed by atoms with van der Waals surface area (Å²) in [5.41, 5.74) is 1.61. The zero-order valence-electron chi connectivity index (χ0n) is 13.7. The van der Waals surface area contributed by atoms with Crippen LogP contribution in [0, 0.1) is 0 Å². The van der Waals surface area contributed by atoms with Gasteiger partial charge in [0.05, 0.1) is 24.1 Å². The predicted molar refractivity (Wildman–Crippen MR) is 97.0 cm³/mol. The number of nitrogens with one attached hydrogen (secondary N) is 2. The number of para-hydroxylation sites is 1. The van der Waals surface area contributed by atoms with Gasteiger partial charge in [-0.05, 0) is 29.8 Å². The molecule has 2 aromatic heterocycles. The largest absolute Gasteiger partial charge is 0.378 e. The van der Waals surface area contributed by atoms with Crippen LogP contribution in [0.4, 0.5) is 11.8 Å². The Bertz CT molecular complexity index is 934. The minimum atomic E-state index is -0.142. The van der Waals surface area contributed by atoms with E-state index in [0.29, 0.717) is 23.4 Å². The molecule has 25 heavy (non-hydrogen) atoms. The van der Waals surface area contributed by atoms with Crippen LogP contribution in [0.3, 0.4) is 0 Å². The Morgan fingerprint density at radius 1 is 1.20 bits per heavy atom. The van der Waals surface area contributed by atoms with Gasteiger partial charge in [0.25, 0.3) is 5.56 Å². The average Bonchev–Trinajstić information content (AvgIpc) is 2.67. The van der Waals surface area contributed by atoms with E-state index < -0.39 is 0 Å². The molecule has 1 saturated heterocycles. The Hall–Kier alpha value is -2.93. The number of hydrogen-bond donors (Lipinski definition) is 2. The first-order valence-electron chi connectivity index (χ1n) is 8.30. The quantitative estimate of drug-likeness (QED) is 0.755. The lowest BCUT2D eigenvalue weighted by molar-refractivity contribution is 0.122. The van der Waals surface area contributed by atoms with E-state index in [4.69, 9.17) is 4.74 Å². The lowest BCUT2D eigenvalue weighted by Gasteiger charge is -2.28. The maximum Gasteiger partial charge on any atom is 0.260 e. The predicted octanol–water partition coefficient (Wildman–Crippen LogP) is 1.77. The van der Waals surface area contributed by atoms with Gasteiger partial charge in [0, 0.05) is 25.8 Å². The highest BCUT2D eigenvalue weighted by Crippen LogP contribution is 2.15. The van der Waals surface area contributed by atoms with Crippen LogP contribution in [-0.2, 0) is 11.3 Å². The van der Waals surface area contributed by atoms with Crippen molar-refractivity contribution in [2.24, 2.45) is 0 Å². The first-order chi connectivity index (χ1) is 12.3. The van der Waals surface area contributed by atoms with Crippen LogP contribution in [0.1, 0.15) is 5.56 Å². The number of fused-ring (bicyclic) bond motifs is 1. The number of morpholine rings is 1. The second-order valence-electron chi connectivity index (χ2n) is 5.91. The summed E-state index contributed by atoms with van der Waals surface area (Å²) in [6, 6.07) is 11.3. The number of hydrogen-bond acceptors (Lipinski definition) is 6. The van der Waals surface area contributed by atoms with Crippen LogP contribution in [0.5, 0.6) is 0 Å². The van der Waals surface area contributed by atoms with E-state index in [9.17, 15) is 4.79 Å². The highest BCUT2D eigenvalue weighted by atomic mass is 16.5. The fourth-order valence-corrected chi connectivity index (χ4v) is 2.89. The van der Waals surface area contributed by atoms with Gasteiger partial charge in [-0.25, -0.2) is 9.97 Å². The molecule has 7 nitrogen and oxygen atoms in total. The zero-order chi connectivity index (χ0) is 17.1. The highest BCUT2D eigenvalue weighted by Gasteiger charge is 2.12. The van der Waals surface area contributed by atoms with Crippen LogP contribution in [0.25, 0.3) is 10.9 Å². The van der Waals surface area contributed by atoms with Crippen molar-refractivity contribution in [3.63, 3.8) is 0 Å². The van der Waals surface area contributed by atoms with Gasteiger partial charge in [-0.2, -0.15) is 0 Å². The maximum absolute atomic E-state index is 12.1. The van der Waals surface area contributed by atoms with E-state index in [1.165, 1.54) is 0 Å². The molecule has 0 atom stereocenters. The summed E-state index contributed by atoms with van der Waals surface area (Å²) in [5, 5.41) is 3.78. The Morgan fingerprint density at radius 3 is 2.92 bits per heavy atom. The normalized spacial score (nSPS) is 14.6. The molecule has 0 spiro atoms. The van der Waals surface area contributed by atoms with Crippen molar-refractivity contribution in [1.82, 2.24) is 15.0 Å². The number of ether oxygens (including phenoxy) is 1. The summed E-state index contributed by atoms with van der Waals surface area (Å²) in [6.45, 7) is 3.72. The van der Waals surface area contributed by atoms with Crippen molar-refractivity contribution in [2.75, 3.05) is 36.5 Å². The second kappa shape index (κ2) is 6.90. The molecule has 1 aromatic carbocycles. The molecule has 1 fully saturated rings. The molecule has 0 bridgehead atoms. The lowest BCUT2D eigenvalue weighted by Crippen LogP contribution is -2.36. The van der Waals surface area contributed by atoms with E-state index in [1.54, 1.807) is 12.3 Å². The van der Waals surface area contributed by atoms with Gasteiger partial charge < -0.3 is 15.0 Å². The molecule has 0 amide bonds. The number of benzene rings is 1. The molecule has 1 aliphatic rings. The van der Waals surface area contributed by atoms with Gasteiger partial charge in [-0.15, -0.1) is 0 Å². The SMILES string of the molecule is O=c1[nH]c(NCc2ccnc(N3CCOCC3)c2)nc2ccccc12. The molecular formula is C18H19N5O2. The van der Waals surface area contributed by atoms with Crippen LogP contribution in [0.15, 0.2) is 47.4 Å². The van der Waals surface area contributed by atoms with Gasteiger partial charge in [-0.1, -0.05) is 12.1 Å². The number of aromatic amines is 1. The fraction of sp³-hybridized carbons (Fsp3) is 0.278. The van der Waals surface area contributed by atoms with Crippen LogP contribution in [-0.4, -0.2) is 41.3 Å². The molecule has 0 radical (unpaired) electrons. The molecular weight excluding hydrogens is 318 g/mol. The van der Waals surface area contributed by atoms with Crippen molar-refractivity contribution in [3.8, 4) is 0 Å². The third-order valence-corrected chi connectivity index (χ3v) is 4.22. The Morgan fingerprint density at radius 2 is 2.04 bits per heavy atom. The van der Waals surface area contributed by atoms with Crippen molar-refractivity contribution in [3.05, 3.63) is 58.5 Å². The Kier molecular flexibility index (Phi) is 4.30. The molecule has 0 aliphatic carbocycles. The van der Waals surface area contributed by atoms with E-state index in [0.717, 1.165) is 37.7 Å². The summed E-state index contributed by atoms with van der Waals surface area (Å²) in [7, 11) is 0. The van der Waals surface area contributed by atoms with E-state index in [2.05, 4.69) is 31.2 Å². The third-order valence-electron chi connectivity index (χ3n) is 4.22. The van der Waals surface area contributed by atoms with Gasteiger partial charge in [-0.3, -0.25) is 9.78 Å². The Balaban J connectivity index is 1.50. The topological polar surface area (TPSA) is 83.1 Å². The minimum Gasteiger partial charge on any atom is -0.378 e. The summed E-state index contributed by atoms with van der Waals surface area (Å²) in [6.07, 6.45) is 1.80. The van der Waals surface area contributed by atoms with Crippen molar-refractivity contribution >= 4 is 22.7 Å². The molecule has 7 heteroatoms. The van der Waals surface area contributed by atoms with Gasteiger partial charge >= 0.3 is 0 Å². The van der Waals surface area contributed by atoms with Crippen molar-refractivity contribution in [1.29, 1.82) is 0 Å². The molecule has 2 N–H and O–H groups in total. The molecule has 3 aromatic rings. The lowest BCUT2D eigenvalue weighted by atomic mass is 10.2. The highest BCUT2D eigenvalue weighted by molar-refractivity contribution is 5.78. The molecule has 0 saturated carbocycles. The first kappa shape index (κ1) is 15.6. The standard InChI is InChI=1S/C18H19N5O2/c24-17-14-3-1-2-4-15(14)21-18(22-17)20-12-13-5-6-19-16(11-13)23-7-9-25-10-8-23/h1-6,11H,7-10,12H2,(H2,20,21,22,24). The van der Waals surface area contributed by atoms with Crippen molar-refractivity contribution in [2.45, 2.75) is 6.54 Å². The average molecular weight is 337 g/mol. The molecule has 3 heterocycles. The fourth-order valence-electron chi connectivity index (χ4n) is 2.89. The summed E-state index contributed by atoms with van der Waals surface area (Å²) in [4.78, 5) is 26.0. The van der Waals surface area contributed by atoms with Crippen LogP contribution >= 0.6 is 0 Å². The van der Waals surface area contributed by atoms with E-state index >= 15 is 0 Å². The number of aromatic nitrogens is 3. The monoisotopic (exact) mass is 337 g/mol. The van der Waals surface area contributed by atoms with Gasteiger partial charge in [0.1, 0.15) is 5.82 Å². The third kappa shape index (κ3) is 3.46. The smallest absolute Gasteiger partial charge is 0.260 e. The molecule has 1 aliphatic heterocycles. The summed E-state index contributed by atoms with van der Waals surface area (Å²) in [5.74, 6) is 1.41. The maximum atomic E-state index is 12.1. The van der Waals surface area contributed by atoms with Crippen LogP contribution in [0.2, 0.25) is 0 Å². The van der Waals surface area contributed by atoms with Gasteiger partial charge in [0.15, 0.2) is 0 Å². The molecule has 4 rings (SSSR count).